The molecule has 7 nitrogen and oxygen atoms in total. The number of anilines is 3. The predicted octanol–water partition coefficient (Wildman–Crippen LogP) is 2.95. The Morgan fingerprint density at radius 2 is 1.65 bits per heavy atom. The fourth-order valence-electron chi connectivity index (χ4n) is 3.12. The van der Waals surface area contributed by atoms with Crippen molar-refractivity contribution in [2.24, 2.45) is 0 Å². The monoisotopic (exact) mass is 457 g/mol. The molecule has 1 amide bonds. The van der Waals surface area contributed by atoms with Gasteiger partial charge in [-0.3, -0.25) is 9.10 Å². The maximum atomic E-state index is 12.7. The van der Waals surface area contributed by atoms with Gasteiger partial charge < -0.3 is 15.0 Å². The smallest absolute Gasteiger partial charge is 0.378 e. The third-order valence-corrected chi connectivity index (χ3v) is 5.84. The normalized spacial score (nSPS) is 14.9. The average molecular weight is 457 g/mol. The molecule has 3 rings (SSSR count). The fraction of sp³-hybridized carbons (Fsp3) is 0.350. The molecule has 1 fully saturated rings. The quantitative estimate of drug-likeness (QED) is 0.722. The van der Waals surface area contributed by atoms with Crippen molar-refractivity contribution in [3.63, 3.8) is 0 Å². The lowest BCUT2D eigenvalue weighted by atomic mass is 10.2. The minimum atomic E-state index is -4.54. The predicted molar refractivity (Wildman–Crippen MR) is 112 cm³/mol. The lowest BCUT2D eigenvalue weighted by Gasteiger charge is -2.29. The second-order valence-corrected chi connectivity index (χ2v) is 8.92. The molecule has 31 heavy (non-hydrogen) atoms. The van der Waals surface area contributed by atoms with Crippen LogP contribution in [0.4, 0.5) is 30.2 Å². The Bertz CT molecular complexity index is 1000. The zero-order chi connectivity index (χ0) is 22.6. The molecule has 0 atom stereocenters. The van der Waals surface area contributed by atoms with E-state index in [9.17, 15) is 26.4 Å². The minimum Gasteiger partial charge on any atom is -0.378 e. The number of hydrogen-bond acceptors (Lipinski definition) is 5. The van der Waals surface area contributed by atoms with Crippen LogP contribution in [0.25, 0.3) is 0 Å². The molecular formula is C20H22F3N3O4S. The van der Waals surface area contributed by atoms with E-state index < -0.39 is 34.2 Å². The summed E-state index contributed by atoms with van der Waals surface area (Å²) in [4.78, 5) is 14.6. The number of amides is 1. The Hall–Kier alpha value is -2.79. The van der Waals surface area contributed by atoms with E-state index in [-0.39, 0.29) is 5.69 Å². The van der Waals surface area contributed by atoms with E-state index in [0.29, 0.717) is 18.9 Å². The number of carbonyl (C=O) groups is 1. The first kappa shape index (κ1) is 22.9. The summed E-state index contributed by atoms with van der Waals surface area (Å²) in [5.74, 6) is -0.621. The van der Waals surface area contributed by atoms with Gasteiger partial charge in [0.2, 0.25) is 15.9 Å². The van der Waals surface area contributed by atoms with E-state index >= 15 is 0 Å². The van der Waals surface area contributed by atoms with Crippen molar-refractivity contribution in [1.82, 2.24) is 0 Å². The zero-order valence-electron chi connectivity index (χ0n) is 16.7. The Labute approximate surface area is 178 Å². The van der Waals surface area contributed by atoms with E-state index in [1.165, 1.54) is 0 Å². The van der Waals surface area contributed by atoms with Gasteiger partial charge in [-0.05, 0) is 48.5 Å². The molecule has 1 saturated heterocycles. The summed E-state index contributed by atoms with van der Waals surface area (Å²) in [6.07, 6.45) is -3.66. The lowest BCUT2D eigenvalue weighted by Crippen LogP contribution is -2.37. The Balaban J connectivity index is 1.68. The van der Waals surface area contributed by atoms with Crippen molar-refractivity contribution in [2.45, 2.75) is 6.18 Å². The molecule has 1 aliphatic heterocycles. The Kier molecular flexibility index (Phi) is 6.75. The van der Waals surface area contributed by atoms with Crippen molar-refractivity contribution in [1.29, 1.82) is 0 Å². The fourth-order valence-corrected chi connectivity index (χ4v) is 3.98. The summed E-state index contributed by atoms with van der Waals surface area (Å²) in [6, 6.07) is 10.7. The van der Waals surface area contributed by atoms with Crippen LogP contribution in [0.1, 0.15) is 5.56 Å². The van der Waals surface area contributed by atoms with E-state index in [0.717, 1.165) is 53.6 Å². The van der Waals surface area contributed by atoms with Gasteiger partial charge in [0.05, 0.1) is 30.7 Å². The first-order chi connectivity index (χ1) is 14.5. The van der Waals surface area contributed by atoms with Gasteiger partial charge in [0, 0.05) is 24.5 Å². The van der Waals surface area contributed by atoms with Crippen molar-refractivity contribution < 1.29 is 31.1 Å². The molecule has 0 aromatic heterocycles. The van der Waals surface area contributed by atoms with Crippen LogP contribution in [-0.2, 0) is 25.7 Å². The number of hydrogen-bond donors (Lipinski definition) is 1. The van der Waals surface area contributed by atoms with Gasteiger partial charge in [-0.1, -0.05) is 0 Å². The van der Waals surface area contributed by atoms with Crippen molar-refractivity contribution in [3.05, 3.63) is 54.1 Å². The molecule has 2 aromatic carbocycles. The number of nitrogens with zero attached hydrogens (tertiary/aromatic N) is 2. The van der Waals surface area contributed by atoms with Gasteiger partial charge in [-0.25, -0.2) is 8.42 Å². The average Bonchev–Trinajstić information content (AvgIpc) is 2.72. The number of benzene rings is 2. The van der Waals surface area contributed by atoms with Gasteiger partial charge in [0.1, 0.15) is 6.54 Å². The van der Waals surface area contributed by atoms with Crippen LogP contribution < -0.4 is 14.5 Å². The lowest BCUT2D eigenvalue weighted by molar-refractivity contribution is -0.137. The first-order valence-electron chi connectivity index (χ1n) is 9.41. The highest BCUT2D eigenvalue weighted by Gasteiger charge is 2.31. The third-order valence-electron chi connectivity index (χ3n) is 4.70. The molecule has 0 unspecified atom stereocenters. The molecule has 0 spiro atoms. The molecule has 168 valence electrons. The number of ether oxygens (including phenoxy) is 1. The molecule has 0 saturated carbocycles. The molecule has 2 aromatic rings. The molecule has 0 radical (unpaired) electrons. The maximum Gasteiger partial charge on any atom is 0.416 e. The number of morpholine rings is 1. The van der Waals surface area contributed by atoms with E-state index in [2.05, 4.69) is 10.2 Å². The third kappa shape index (κ3) is 6.11. The molecule has 1 aliphatic rings. The van der Waals surface area contributed by atoms with Crippen molar-refractivity contribution >= 4 is 33.0 Å². The summed E-state index contributed by atoms with van der Waals surface area (Å²) in [5, 5.41) is 2.61. The van der Waals surface area contributed by atoms with Crippen molar-refractivity contribution in [2.75, 3.05) is 53.6 Å². The standard InChI is InChI=1S/C20H22F3N3O4S/c1-31(28,29)26(18-6-2-15(3-7-18)20(21,22)23)14-19(27)24-16-4-8-17(9-5-16)25-10-12-30-13-11-25/h2-9H,10-14H2,1H3,(H,24,27). The summed E-state index contributed by atoms with van der Waals surface area (Å²) in [5.41, 5.74) is 0.509. The molecule has 1 N–H and O–H groups in total. The first-order valence-corrected chi connectivity index (χ1v) is 11.3. The second-order valence-electron chi connectivity index (χ2n) is 7.01. The minimum absolute atomic E-state index is 0.0340. The van der Waals surface area contributed by atoms with Crippen LogP contribution in [0.5, 0.6) is 0 Å². The Morgan fingerprint density at radius 1 is 1.06 bits per heavy atom. The van der Waals surface area contributed by atoms with Gasteiger partial charge >= 0.3 is 6.18 Å². The highest BCUT2D eigenvalue weighted by molar-refractivity contribution is 7.92. The number of alkyl halides is 3. The number of halogens is 3. The number of sulfonamides is 1. The zero-order valence-corrected chi connectivity index (χ0v) is 17.5. The summed E-state index contributed by atoms with van der Waals surface area (Å²) in [7, 11) is -3.90. The van der Waals surface area contributed by atoms with Crippen LogP contribution in [0.15, 0.2) is 48.5 Å². The summed E-state index contributed by atoms with van der Waals surface area (Å²) >= 11 is 0. The largest absolute Gasteiger partial charge is 0.416 e. The van der Waals surface area contributed by atoms with Crippen LogP contribution >= 0.6 is 0 Å². The van der Waals surface area contributed by atoms with E-state index in [4.69, 9.17) is 4.74 Å². The topological polar surface area (TPSA) is 79.0 Å². The number of carbonyl (C=O) groups excluding carboxylic acids is 1. The highest BCUT2D eigenvalue weighted by atomic mass is 32.2. The summed E-state index contributed by atoms with van der Waals surface area (Å²) < 4.78 is 68.6. The van der Waals surface area contributed by atoms with Gasteiger partial charge in [-0.15, -0.1) is 0 Å². The summed E-state index contributed by atoms with van der Waals surface area (Å²) in [6.45, 7) is 2.24. The second kappa shape index (κ2) is 9.15. The van der Waals surface area contributed by atoms with Crippen LogP contribution in [0, 0.1) is 0 Å². The van der Waals surface area contributed by atoms with Crippen LogP contribution in [-0.4, -0.2) is 53.4 Å². The van der Waals surface area contributed by atoms with E-state index in [1.807, 2.05) is 12.1 Å². The highest BCUT2D eigenvalue weighted by Crippen LogP contribution is 2.31. The molecular weight excluding hydrogens is 435 g/mol. The molecule has 11 heteroatoms. The number of rotatable bonds is 6. The van der Waals surface area contributed by atoms with Gasteiger partial charge in [0.15, 0.2) is 0 Å². The van der Waals surface area contributed by atoms with Gasteiger partial charge in [-0.2, -0.15) is 13.2 Å². The molecule has 0 aliphatic carbocycles. The van der Waals surface area contributed by atoms with E-state index in [1.54, 1.807) is 12.1 Å². The van der Waals surface area contributed by atoms with Gasteiger partial charge in [0.25, 0.3) is 0 Å². The maximum absolute atomic E-state index is 12.7. The number of nitrogens with one attached hydrogen (secondary N) is 1. The van der Waals surface area contributed by atoms with Crippen LogP contribution in [0.2, 0.25) is 0 Å². The Morgan fingerprint density at radius 3 is 2.16 bits per heavy atom. The van der Waals surface area contributed by atoms with Crippen LogP contribution in [0.3, 0.4) is 0 Å². The van der Waals surface area contributed by atoms with Crippen molar-refractivity contribution in [3.8, 4) is 0 Å². The SMILES string of the molecule is CS(=O)(=O)N(CC(=O)Nc1ccc(N2CCOCC2)cc1)c1ccc(C(F)(F)F)cc1. The molecule has 1 heterocycles. The molecule has 0 bridgehead atoms.